The summed E-state index contributed by atoms with van der Waals surface area (Å²) in [6.07, 6.45) is 3.57. The number of aromatic nitrogens is 2. The Bertz CT molecular complexity index is 2090. The fourth-order valence-electron chi connectivity index (χ4n) is 7.70. The fourth-order valence-corrected chi connectivity index (χ4v) is 7.70. The molecule has 5 aromatic rings. The number of nitrogens with zero attached hydrogens (tertiary/aromatic N) is 4. The van der Waals surface area contributed by atoms with E-state index in [1.54, 1.807) is 12.3 Å². The number of phenols is 1. The van der Waals surface area contributed by atoms with Gasteiger partial charge in [0.15, 0.2) is 0 Å². The number of hydrogen-bond acceptors (Lipinski definition) is 6. The van der Waals surface area contributed by atoms with Crippen LogP contribution in [0.1, 0.15) is 79.1 Å². The molecule has 0 saturated carbocycles. The number of amidine groups is 1. The van der Waals surface area contributed by atoms with Crippen molar-refractivity contribution in [3.63, 3.8) is 0 Å². The van der Waals surface area contributed by atoms with Gasteiger partial charge in [-0.3, -0.25) is 0 Å². The van der Waals surface area contributed by atoms with Gasteiger partial charge in [0.1, 0.15) is 11.3 Å². The van der Waals surface area contributed by atoms with Crippen LogP contribution in [0.2, 0.25) is 0 Å². The van der Waals surface area contributed by atoms with E-state index in [9.17, 15) is 5.11 Å². The zero-order valence-electron chi connectivity index (χ0n) is 29.9. The number of rotatable bonds is 4. The number of aromatic hydroxyl groups is 1. The Hall–Kier alpha value is -4.02. The van der Waals surface area contributed by atoms with E-state index in [0.29, 0.717) is 11.3 Å². The normalized spacial score (nSPS) is 18.3. The number of benzene rings is 4. The standard InChI is InChI=1S/C42H45N4O2.Pt/c1-24-17-25(2)27(4)37(26(24)3)46-38-34(20-28-13-10-11-14-30(28)22-42(38,8)9)44-39(46)29-15-12-16-33(19-29)48-40-43-23-31-18-32(41(5,6)7)21-35(47)36(31)45-40;/h10-18,21,23,34,38,47H,20,22H2,1-9H3;/q-1;/t34-,38+;/m0./s1. The largest absolute Gasteiger partial charge is 0.506 e. The number of anilines is 1. The first-order valence-corrected chi connectivity index (χ1v) is 16.9. The zero-order valence-corrected chi connectivity index (χ0v) is 32.2. The van der Waals surface area contributed by atoms with E-state index in [1.807, 2.05) is 18.2 Å². The van der Waals surface area contributed by atoms with Gasteiger partial charge in [0.25, 0.3) is 0 Å². The van der Waals surface area contributed by atoms with Crippen molar-refractivity contribution in [3.05, 3.63) is 117 Å². The van der Waals surface area contributed by atoms with Crippen molar-refractivity contribution >= 4 is 22.4 Å². The molecule has 256 valence electrons. The van der Waals surface area contributed by atoms with Crippen LogP contribution >= 0.6 is 0 Å². The number of aryl methyl sites for hydroxylation is 2. The van der Waals surface area contributed by atoms with E-state index in [-0.39, 0.29) is 55.7 Å². The van der Waals surface area contributed by atoms with Crippen LogP contribution in [0, 0.1) is 39.2 Å². The Morgan fingerprint density at radius 3 is 2.31 bits per heavy atom. The SMILES string of the molecule is Cc1cc(C)c(C)c(N2C(c3[c-]c(Oc4ncc5cc(C(C)(C)C)cc(O)c5n4)ccc3)=N[C@H]3Cc4ccccc4CC(C)(C)[C@@H]32)c1C.[Pt]. The van der Waals surface area contributed by atoms with E-state index in [0.717, 1.165) is 35.2 Å². The fraction of sp³-hybridized carbons (Fsp3) is 0.357. The van der Waals surface area contributed by atoms with Crippen LogP contribution in [0.15, 0.2) is 71.9 Å². The molecule has 1 aliphatic carbocycles. The van der Waals surface area contributed by atoms with Crippen LogP contribution < -0.4 is 9.64 Å². The molecule has 6 nitrogen and oxygen atoms in total. The summed E-state index contributed by atoms with van der Waals surface area (Å²) < 4.78 is 6.23. The Morgan fingerprint density at radius 2 is 1.61 bits per heavy atom. The molecule has 49 heavy (non-hydrogen) atoms. The van der Waals surface area contributed by atoms with E-state index in [2.05, 4.69) is 120 Å². The quantitative estimate of drug-likeness (QED) is 0.183. The zero-order chi connectivity index (χ0) is 34.1. The van der Waals surface area contributed by atoms with E-state index in [1.165, 1.54) is 39.1 Å². The molecule has 2 aliphatic rings. The Morgan fingerprint density at radius 1 is 0.918 bits per heavy atom. The molecule has 0 radical (unpaired) electrons. The first-order chi connectivity index (χ1) is 22.7. The summed E-state index contributed by atoms with van der Waals surface area (Å²) in [6.45, 7) is 20.0. The number of hydrogen-bond donors (Lipinski definition) is 1. The Labute approximate surface area is 305 Å². The number of ether oxygens (including phenoxy) is 1. The Kier molecular flexibility index (Phi) is 9.03. The maximum atomic E-state index is 10.9. The van der Waals surface area contributed by atoms with Gasteiger partial charge in [-0.2, -0.15) is 4.98 Å². The van der Waals surface area contributed by atoms with Crippen LogP contribution in [0.25, 0.3) is 10.9 Å². The second-order valence-corrected chi connectivity index (χ2v) is 15.4. The van der Waals surface area contributed by atoms with Crippen molar-refractivity contribution in [3.8, 4) is 17.5 Å². The van der Waals surface area contributed by atoms with Crippen molar-refractivity contribution in [2.24, 2.45) is 10.4 Å². The second-order valence-electron chi connectivity index (χ2n) is 15.4. The third kappa shape index (κ3) is 6.29. The van der Waals surface area contributed by atoms with Crippen molar-refractivity contribution < 1.29 is 30.9 Å². The summed E-state index contributed by atoms with van der Waals surface area (Å²) in [6, 6.07) is 24.8. The van der Waals surface area contributed by atoms with Crippen molar-refractivity contribution in [2.75, 3.05) is 4.90 Å². The molecule has 1 aromatic heterocycles. The van der Waals surface area contributed by atoms with Gasteiger partial charge >= 0.3 is 6.01 Å². The molecule has 4 aromatic carbocycles. The summed E-state index contributed by atoms with van der Waals surface area (Å²) in [5, 5.41) is 11.6. The molecule has 2 heterocycles. The van der Waals surface area contributed by atoms with Crippen molar-refractivity contribution in [1.82, 2.24) is 9.97 Å². The summed E-state index contributed by atoms with van der Waals surface area (Å²) in [4.78, 5) is 17.2. The molecular weight excluding hydrogens is 788 g/mol. The number of fused-ring (bicyclic) bond motifs is 3. The molecule has 2 atom stereocenters. The van der Waals surface area contributed by atoms with Gasteiger partial charge in [-0.05, 0) is 102 Å². The summed E-state index contributed by atoms with van der Waals surface area (Å²) in [5.74, 6) is 1.51. The molecule has 7 heteroatoms. The van der Waals surface area contributed by atoms with E-state index in [4.69, 9.17) is 9.73 Å². The maximum Gasteiger partial charge on any atom is 0.321 e. The minimum absolute atomic E-state index is 0. The third-order valence-corrected chi connectivity index (χ3v) is 10.4. The minimum atomic E-state index is -0.115. The first kappa shape index (κ1) is 34.8. The van der Waals surface area contributed by atoms with E-state index < -0.39 is 0 Å². The molecule has 1 N–H and O–H groups in total. The van der Waals surface area contributed by atoms with Crippen LogP contribution in [0.3, 0.4) is 0 Å². The Balaban J connectivity index is 0.00000417. The molecular formula is C42H45N4O2Pt-. The molecule has 0 unspecified atom stereocenters. The van der Waals surface area contributed by atoms with Gasteiger partial charge in [0, 0.05) is 44.1 Å². The molecule has 1 aliphatic heterocycles. The summed E-state index contributed by atoms with van der Waals surface area (Å²) >= 11 is 0. The molecule has 0 spiro atoms. The molecule has 0 fully saturated rings. The van der Waals surface area contributed by atoms with Crippen molar-refractivity contribution in [2.45, 2.75) is 92.7 Å². The van der Waals surface area contributed by atoms with Crippen molar-refractivity contribution in [1.29, 1.82) is 0 Å². The summed E-state index contributed by atoms with van der Waals surface area (Å²) in [5.41, 5.74) is 11.3. The minimum Gasteiger partial charge on any atom is -0.506 e. The maximum absolute atomic E-state index is 10.9. The second kappa shape index (κ2) is 12.7. The average Bonchev–Trinajstić information content (AvgIpc) is 3.35. The van der Waals surface area contributed by atoms with Crippen LogP contribution in [-0.2, 0) is 39.3 Å². The third-order valence-electron chi connectivity index (χ3n) is 10.4. The molecule has 0 bridgehead atoms. The summed E-state index contributed by atoms with van der Waals surface area (Å²) in [7, 11) is 0. The van der Waals surface area contributed by atoms with Gasteiger partial charge in [-0.15, -0.1) is 23.8 Å². The van der Waals surface area contributed by atoms with Crippen LogP contribution in [-0.4, -0.2) is 33.0 Å². The topological polar surface area (TPSA) is 70.8 Å². The van der Waals surface area contributed by atoms with Gasteiger partial charge in [0.05, 0.1) is 17.9 Å². The smallest absolute Gasteiger partial charge is 0.321 e. The average molecular weight is 833 g/mol. The number of aliphatic imine (C=N–C) groups is 1. The van der Waals surface area contributed by atoms with Gasteiger partial charge in [0.2, 0.25) is 0 Å². The first-order valence-electron chi connectivity index (χ1n) is 16.9. The molecule has 0 amide bonds. The molecule has 0 saturated heterocycles. The van der Waals surface area contributed by atoms with Gasteiger partial charge in [-0.1, -0.05) is 71.0 Å². The predicted molar refractivity (Wildman–Crippen MR) is 195 cm³/mol. The van der Waals surface area contributed by atoms with Crippen LogP contribution in [0.5, 0.6) is 17.5 Å². The molecule has 7 rings (SSSR count). The predicted octanol–water partition coefficient (Wildman–Crippen LogP) is 9.29. The van der Waals surface area contributed by atoms with Crippen LogP contribution in [0.4, 0.5) is 5.69 Å². The monoisotopic (exact) mass is 832 g/mol. The number of phenolic OH excluding ortho intramolecular Hbond substituents is 1. The van der Waals surface area contributed by atoms with Gasteiger partial charge < -0.3 is 19.7 Å². The van der Waals surface area contributed by atoms with E-state index >= 15 is 0 Å². The van der Waals surface area contributed by atoms with Gasteiger partial charge in [-0.25, -0.2) is 4.98 Å².